The number of hydrogen-bond donors (Lipinski definition) is 1. The second kappa shape index (κ2) is 6.31. The lowest BCUT2D eigenvalue weighted by atomic mass is 9.92. The van der Waals surface area contributed by atoms with Crippen molar-refractivity contribution in [3.63, 3.8) is 0 Å². The van der Waals surface area contributed by atoms with Crippen molar-refractivity contribution in [2.24, 2.45) is 0 Å². The van der Waals surface area contributed by atoms with E-state index < -0.39 is 22.4 Å². The van der Waals surface area contributed by atoms with Crippen LogP contribution in [0.3, 0.4) is 0 Å². The van der Waals surface area contributed by atoms with Crippen molar-refractivity contribution >= 4 is 34.9 Å². The quantitative estimate of drug-likeness (QED) is 0.412. The van der Waals surface area contributed by atoms with Crippen LogP contribution in [0.2, 0.25) is 5.02 Å². The lowest BCUT2D eigenvalue weighted by Crippen LogP contribution is -2.40. The molecule has 1 N–H and O–H groups in total. The number of amides is 3. The number of fused-ring (bicyclic) bond motifs is 1. The number of hydrogen-bond acceptors (Lipinski definition) is 5. The lowest BCUT2D eigenvalue weighted by molar-refractivity contribution is -0.384. The maximum atomic E-state index is 13.0. The zero-order valence-electron chi connectivity index (χ0n) is 14.6. The Morgan fingerprint density at radius 3 is 2.57 bits per heavy atom. The third-order valence-corrected chi connectivity index (χ3v) is 4.94. The number of halogens is 1. The molecule has 3 aromatic rings. The molecule has 0 bridgehead atoms. The average Bonchev–Trinajstić information content (AvgIpc) is 3.15. The molecule has 0 saturated carbocycles. The fourth-order valence-electron chi connectivity index (χ4n) is 3.21. The lowest BCUT2D eigenvalue weighted by Gasteiger charge is -2.21. The van der Waals surface area contributed by atoms with Crippen molar-refractivity contribution in [3.8, 4) is 0 Å². The highest BCUT2D eigenvalue weighted by atomic mass is 35.5. The fraction of sp³-hybridized carbons (Fsp3) is 0.167. The number of nitro benzene ring substituents is 1. The molecule has 3 amide bonds. The van der Waals surface area contributed by atoms with Crippen LogP contribution in [0, 0.1) is 10.1 Å². The smallest absolute Gasteiger partial charge is 0.319 e. The predicted octanol–water partition coefficient (Wildman–Crippen LogP) is 2.86. The molecule has 28 heavy (non-hydrogen) atoms. The number of rotatable bonds is 4. The first kappa shape index (κ1) is 17.9. The Morgan fingerprint density at radius 2 is 1.89 bits per heavy atom. The predicted molar refractivity (Wildman–Crippen MR) is 99.7 cm³/mol. The molecule has 1 aliphatic heterocycles. The van der Waals surface area contributed by atoms with Gasteiger partial charge in [-0.25, -0.2) is 9.78 Å². The second-order valence-electron chi connectivity index (χ2n) is 6.60. The van der Waals surface area contributed by atoms with Gasteiger partial charge in [0.05, 0.1) is 22.2 Å². The van der Waals surface area contributed by atoms with Crippen LogP contribution in [0.15, 0.2) is 48.8 Å². The number of carbonyl (C=O) groups is 2. The molecule has 2 aromatic heterocycles. The first-order valence-electron chi connectivity index (χ1n) is 8.30. The van der Waals surface area contributed by atoms with E-state index in [4.69, 9.17) is 11.6 Å². The van der Waals surface area contributed by atoms with E-state index in [1.165, 1.54) is 24.3 Å². The van der Waals surface area contributed by atoms with Crippen LogP contribution in [-0.4, -0.2) is 31.1 Å². The minimum atomic E-state index is -1.31. The molecule has 3 heterocycles. The Hall–Kier alpha value is -3.46. The summed E-state index contributed by atoms with van der Waals surface area (Å²) in [5.74, 6) is -0.457. The van der Waals surface area contributed by atoms with Crippen LogP contribution >= 0.6 is 11.6 Å². The van der Waals surface area contributed by atoms with Gasteiger partial charge in [-0.2, -0.15) is 0 Å². The van der Waals surface area contributed by atoms with Crippen LogP contribution in [0.5, 0.6) is 0 Å². The van der Waals surface area contributed by atoms with Crippen molar-refractivity contribution in [2.45, 2.75) is 19.0 Å². The van der Waals surface area contributed by atoms with E-state index >= 15 is 0 Å². The maximum Gasteiger partial charge on any atom is 0.325 e. The molecule has 4 rings (SSSR count). The molecule has 0 aliphatic carbocycles. The van der Waals surface area contributed by atoms with Gasteiger partial charge in [0.1, 0.15) is 11.2 Å². The number of nitro groups is 1. The first-order valence-corrected chi connectivity index (χ1v) is 8.68. The normalized spacial score (nSPS) is 19.3. The number of imide groups is 1. The van der Waals surface area contributed by atoms with E-state index in [0.717, 1.165) is 4.90 Å². The highest BCUT2D eigenvalue weighted by molar-refractivity contribution is 6.30. The fourth-order valence-corrected chi connectivity index (χ4v) is 3.38. The number of imidazole rings is 1. The van der Waals surface area contributed by atoms with Gasteiger partial charge in [0.15, 0.2) is 0 Å². The van der Waals surface area contributed by atoms with Crippen LogP contribution in [0.25, 0.3) is 5.65 Å². The summed E-state index contributed by atoms with van der Waals surface area (Å²) in [5, 5.41) is 14.0. The van der Waals surface area contributed by atoms with Crippen LogP contribution < -0.4 is 5.32 Å². The van der Waals surface area contributed by atoms with Gasteiger partial charge in [-0.15, -0.1) is 0 Å². The molecule has 0 unspecified atom stereocenters. The number of benzene rings is 1. The molecule has 142 valence electrons. The van der Waals surface area contributed by atoms with Crippen molar-refractivity contribution in [1.82, 2.24) is 19.6 Å². The van der Waals surface area contributed by atoms with Crippen LogP contribution in [-0.2, 0) is 16.9 Å². The monoisotopic (exact) mass is 399 g/mol. The summed E-state index contributed by atoms with van der Waals surface area (Å²) in [5.41, 5.74) is 0.225. The minimum Gasteiger partial charge on any atom is -0.319 e. The number of non-ortho nitro benzene ring substituents is 1. The molecule has 10 heteroatoms. The van der Waals surface area contributed by atoms with E-state index in [1.54, 1.807) is 35.9 Å². The van der Waals surface area contributed by atoms with Gasteiger partial charge in [-0.3, -0.25) is 19.8 Å². The van der Waals surface area contributed by atoms with Gasteiger partial charge in [-0.1, -0.05) is 11.6 Å². The highest BCUT2D eigenvalue weighted by Crippen LogP contribution is 2.30. The summed E-state index contributed by atoms with van der Waals surface area (Å²) in [7, 11) is 0. The van der Waals surface area contributed by atoms with Gasteiger partial charge in [0.25, 0.3) is 11.6 Å². The second-order valence-corrected chi connectivity index (χ2v) is 7.03. The average molecular weight is 400 g/mol. The number of nitrogens with one attached hydrogen (secondary N) is 1. The summed E-state index contributed by atoms with van der Waals surface area (Å²) in [4.78, 5) is 41.2. The zero-order chi connectivity index (χ0) is 20.1. The van der Waals surface area contributed by atoms with Gasteiger partial charge in [0, 0.05) is 24.5 Å². The van der Waals surface area contributed by atoms with Crippen molar-refractivity contribution in [3.05, 3.63) is 75.2 Å². The largest absolute Gasteiger partial charge is 0.325 e. The summed E-state index contributed by atoms with van der Waals surface area (Å²) in [6.45, 7) is 1.56. The van der Waals surface area contributed by atoms with E-state index in [1.807, 2.05) is 0 Å². The van der Waals surface area contributed by atoms with Crippen molar-refractivity contribution < 1.29 is 14.5 Å². The Balaban J connectivity index is 1.61. The Morgan fingerprint density at radius 1 is 1.18 bits per heavy atom. The number of pyridine rings is 1. The van der Waals surface area contributed by atoms with E-state index in [9.17, 15) is 19.7 Å². The van der Waals surface area contributed by atoms with E-state index in [-0.39, 0.29) is 12.2 Å². The maximum absolute atomic E-state index is 13.0. The molecule has 0 spiro atoms. The Bertz CT molecular complexity index is 1130. The van der Waals surface area contributed by atoms with Gasteiger partial charge >= 0.3 is 6.03 Å². The molecule has 0 radical (unpaired) electrons. The topological polar surface area (TPSA) is 110 Å². The molecular weight excluding hydrogens is 386 g/mol. The first-order chi connectivity index (χ1) is 13.3. The van der Waals surface area contributed by atoms with Gasteiger partial charge in [-0.05, 0) is 36.8 Å². The Kier molecular flexibility index (Phi) is 4.04. The summed E-state index contributed by atoms with van der Waals surface area (Å²) in [6, 6.07) is 8.41. The third kappa shape index (κ3) is 2.85. The van der Waals surface area contributed by atoms with E-state index in [0.29, 0.717) is 21.9 Å². The zero-order valence-corrected chi connectivity index (χ0v) is 15.4. The summed E-state index contributed by atoms with van der Waals surface area (Å²) in [6.07, 6.45) is 3.38. The molecule has 1 aliphatic rings. The van der Waals surface area contributed by atoms with Crippen molar-refractivity contribution in [2.75, 3.05) is 0 Å². The number of nitrogens with zero attached hydrogens (tertiary/aromatic N) is 4. The van der Waals surface area contributed by atoms with E-state index in [2.05, 4.69) is 10.3 Å². The molecule has 9 nitrogen and oxygen atoms in total. The summed E-state index contributed by atoms with van der Waals surface area (Å²) < 4.78 is 1.71. The van der Waals surface area contributed by atoms with Gasteiger partial charge in [0.2, 0.25) is 0 Å². The standard InChI is InChI=1S/C18H14ClN5O4/c1-18(11-2-5-14(6-3-11)24(27)28)16(25)23(17(26)21-18)10-13-9-22-8-12(19)4-7-15(22)20-13/h2-9H,10H2,1H3,(H,21,26)/t18-/m0/s1. The molecule has 1 fully saturated rings. The van der Waals surface area contributed by atoms with Crippen LogP contribution in [0.4, 0.5) is 10.5 Å². The SMILES string of the molecule is C[C@@]1(c2ccc([N+](=O)[O-])cc2)NC(=O)N(Cc2cn3cc(Cl)ccc3n2)C1=O. The number of urea groups is 1. The number of aromatic nitrogens is 2. The molecule has 1 saturated heterocycles. The molecule has 1 atom stereocenters. The van der Waals surface area contributed by atoms with Crippen molar-refractivity contribution in [1.29, 1.82) is 0 Å². The molecule has 1 aromatic carbocycles. The highest BCUT2D eigenvalue weighted by Gasteiger charge is 2.49. The third-order valence-electron chi connectivity index (χ3n) is 4.72. The number of carbonyl (C=O) groups excluding carboxylic acids is 2. The van der Waals surface area contributed by atoms with Crippen LogP contribution in [0.1, 0.15) is 18.2 Å². The minimum absolute atomic E-state index is 0.00740. The Labute approximate surface area is 163 Å². The van der Waals surface area contributed by atoms with Gasteiger partial charge < -0.3 is 9.72 Å². The molecular formula is C18H14ClN5O4. The summed E-state index contributed by atoms with van der Waals surface area (Å²) >= 11 is 5.96.